The molecule has 1 saturated heterocycles. The minimum absolute atomic E-state index is 0.144. The lowest BCUT2D eigenvalue weighted by Crippen LogP contribution is -2.25. The molecule has 0 bridgehead atoms. The molecule has 0 spiro atoms. The van der Waals surface area contributed by atoms with Crippen LogP contribution in [-0.2, 0) is 0 Å². The molecular formula is C14H20N2O3. The molecule has 1 heterocycles. The largest absolute Gasteiger partial charge is 0.396 e. The normalized spacial score (nSPS) is 21.5. The monoisotopic (exact) mass is 264 g/mol. The van der Waals surface area contributed by atoms with Gasteiger partial charge in [0.15, 0.2) is 0 Å². The summed E-state index contributed by atoms with van der Waals surface area (Å²) in [5.41, 5.74) is 2.23. The first-order valence-electron chi connectivity index (χ1n) is 6.62. The molecule has 1 aliphatic heterocycles. The van der Waals surface area contributed by atoms with Crippen molar-refractivity contribution in [2.75, 3.05) is 19.7 Å². The van der Waals surface area contributed by atoms with Gasteiger partial charge in [0.1, 0.15) is 0 Å². The van der Waals surface area contributed by atoms with Crippen LogP contribution in [-0.4, -0.2) is 34.6 Å². The number of aliphatic hydroxyl groups excluding tert-OH is 1. The number of aliphatic hydroxyl groups is 1. The van der Waals surface area contributed by atoms with E-state index in [2.05, 4.69) is 11.8 Å². The zero-order valence-corrected chi connectivity index (χ0v) is 11.4. The smallest absolute Gasteiger partial charge is 0.269 e. The van der Waals surface area contributed by atoms with Crippen LogP contribution in [0.5, 0.6) is 0 Å². The summed E-state index contributed by atoms with van der Waals surface area (Å²) in [5.74, 6) is 0.335. The van der Waals surface area contributed by atoms with Gasteiger partial charge in [-0.2, -0.15) is 0 Å². The number of nitro groups is 1. The first-order valence-corrected chi connectivity index (χ1v) is 6.62. The lowest BCUT2D eigenvalue weighted by Gasteiger charge is -2.25. The SMILES string of the molecule is Cc1ccc([N+](=O)[O-])cc1C(C)N1CCC(CO)C1. The molecule has 0 aliphatic carbocycles. The van der Waals surface area contributed by atoms with Crippen LogP contribution in [0.2, 0.25) is 0 Å². The van der Waals surface area contributed by atoms with Crippen molar-refractivity contribution in [3.8, 4) is 0 Å². The molecule has 2 unspecified atom stereocenters. The zero-order chi connectivity index (χ0) is 14.0. The Morgan fingerprint density at radius 3 is 2.89 bits per heavy atom. The van der Waals surface area contributed by atoms with Crippen molar-refractivity contribution in [3.63, 3.8) is 0 Å². The third-order valence-electron chi connectivity index (χ3n) is 4.05. The summed E-state index contributed by atoms with van der Waals surface area (Å²) < 4.78 is 0. The number of hydrogen-bond donors (Lipinski definition) is 1. The minimum atomic E-state index is -0.351. The summed E-state index contributed by atoms with van der Waals surface area (Å²) in [6, 6.07) is 5.18. The predicted octanol–water partition coefficient (Wildman–Crippen LogP) is 2.28. The number of benzene rings is 1. The van der Waals surface area contributed by atoms with E-state index in [-0.39, 0.29) is 23.3 Å². The van der Waals surface area contributed by atoms with Crippen molar-refractivity contribution in [2.24, 2.45) is 5.92 Å². The van der Waals surface area contributed by atoms with Crippen LogP contribution >= 0.6 is 0 Å². The van der Waals surface area contributed by atoms with E-state index in [1.54, 1.807) is 12.1 Å². The molecule has 1 aliphatic rings. The molecule has 5 nitrogen and oxygen atoms in total. The van der Waals surface area contributed by atoms with Gasteiger partial charge in [-0.3, -0.25) is 15.0 Å². The Morgan fingerprint density at radius 2 is 2.32 bits per heavy atom. The lowest BCUT2D eigenvalue weighted by atomic mass is 10.0. The van der Waals surface area contributed by atoms with Crippen LogP contribution in [0.4, 0.5) is 5.69 Å². The van der Waals surface area contributed by atoms with Crippen molar-refractivity contribution in [1.82, 2.24) is 4.90 Å². The Bertz CT molecular complexity index is 476. The van der Waals surface area contributed by atoms with Gasteiger partial charge in [0, 0.05) is 31.3 Å². The van der Waals surface area contributed by atoms with E-state index in [0.717, 1.165) is 30.6 Å². The van der Waals surface area contributed by atoms with Crippen LogP contribution in [0.3, 0.4) is 0 Å². The number of non-ortho nitro benzene ring substituents is 1. The van der Waals surface area contributed by atoms with Crippen molar-refractivity contribution in [3.05, 3.63) is 39.4 Å². The fourth-order valence-corrected chi connectivity index (χ4v) is 2.75. The fraction of sp³-hybridized carbons (Fsp3) is 0.571. The van der Waals surface area contributed by atoms with Gasteiger partial charge >= 0.3 is 0 Å². The van der Waals surface area contributed by atoms with E-state index in [4.69, 9.17) is 0 Å². The molecule has 1 fully saturated rings. The number of hydrogen-bond acceptors (Lipinski definition) is 4. The highest BCUT2D eigenvalue weighted by molar-refractivity contribution is 5.40. The van der Waals surface area contributed by atoms with Crippen molar-refractivity contribution >= 4 is 5.69 Å². The van der Waals surface area contributed by atoms with Gasteiger partial charge < -0.3 is 5.11 Å². The number of nitrogens with zero attached hydrogens (tertiary/aromatic N) is 2. The average molecular weight is 264 g/mol. The quantitative estimate of drug-likeness (QED) is 0.669. The summed E-state index contributed by atoms with van der Waals surface area (Å²) in [5, 5.41) is 20.1. The van der Waals surface area contributed by atoms with Gasteiger partial charge in [-0.1, -0.05) is 6.07 Å². The van der Waals surface area contributed by atoms with Gasteiger partial charge in [-0.15, -0.1) is 0 Å². The zero-order valence-electron chi connectivity index (χ0n) is 11.4. The fourth-order valence-electron chi connectivity index (χ4n) is 2.75. The molecule has 5 heteroatoms. The molecule has 0 aromatic heterocycles. The van der Waals surface area contributed by atoms with Crippen LogP contribution in [0.1, 0.15) is 30.5 Å². The Kier molecular flexibility index (Phi) is 4.17. The molecule has 104 valence electrons. The Balaban J connectivity index is 2.21. The van der Waals surface area contributed by atoms with Gasteiger partial charge in [-0.25, -0.2) is 0 Å². The van der Waals surface area contributed by atoms with Crippen LogP contribution in [0, 0.1) is 23.0 Å². The number of rotatable bonds is 4. The predicted molar refractivity (Wildman–Crippen MR) is 73.0 cm³/mol. The summed E-state index contributed by atoms with van der Waals surface area (Å²) in [6.45, 7) is 6.08. The van der Waals surface area contributed by atoms with Gasteiger partial charge in [0.2, 0.25) is 0 Å². The Morgan fingerprint density at radius 1 is 1.58 bits per heavy atom. The summed E-state index contributed by atoms with van der Waals surface area (Å²) in [6.07, 6.45) is 0.995. The second-order valence-electron chi connectivity index (χ2n) is 5.31. The first kappa shape index (κ1) is 14.0. The van der Waals surface area contributed by atoms with E-state index in [0.29, 0.717) is 5.92 Å². The van der Waals surface area contributed by atoms with E-state index in [9.17, 15) is 15.2 Å². The van der Waals surface area contributed by atoms with E-state index < -0.39 is 0 Å². The van der Waals surface area contributed by atoms with E-state index in [1.807, 2.05) is 13.0 Å². The van der Waals surface area contributed by atoms with Crippen LogP contribution < -0.4 is 0 Å². The number of nitro benzene ring substituents is 1. The molecule has 0 radical (unpaired) electrons. The van der Waals surface area contributed by atoms with E-state index in [1.165, 1.54) is 0 Å². The average Bonchev–Trinajstić information content (AvgIpc) is 2.87. The topological polar surface area (TPSA) is 66.6 Å². The van der Waals surface area contributed by atoms with Crippen molar-refractivity contribution in [1.29, 1.82) is 0 Å². The van der Waals surface area contributed by atoms with Gasteiger partial charge in [0.25, 0.3) is 5.69 Å². The third kappa shape index (κ3) is 2.93. The highest BCUT2D eigenvalue weighted by atomic mass is 16.6. The van der Waals surface area contributed by atoms with Crippen molar-refractivity contribution < 1.29 is 10.0 Å². The molecule has 1 aromatic carbocycles. The maximum atomic E-state index is 10.9. The number of aryl methyl sites for hydroxylation is 1. The molecular weight excluding hydrogens is 244 g/mol. The van der Waals surface area contributed by atoms with Gasteiger partial charge in [0.05, 0.1) is 4.92 Å². The molecule has 0 saturated carbocycles. The first-order chi connectivity index (χ1) is 9.02. The van der Waals surface area contributed by atoms with Crippen LogP contribution in [0.25, 0.3) is 0 Å². The Hall–Kier alpha value is -1.46. The van der Waals surface area contributed by atoms with Crippen molar-refractivity contribution in [2.45, 2.75) is 26.3 Å². The van der Waals surface area contributed by atoms with E-state index >= 15 is 0 Å². The maximum absolute atomic E-state index is 10.9. The summed E-state index contributed by atoms with van der Waals surface area (Å²) in [4.78, 5) is 12.8. The molecule has 0 amide bonds. The molecule has 2 atom stereocenters. The second kappa shape index (κ2) is 5.67. The molecule has 1 aromatic rings. The van der Waals surface area contributed by atoms with Gasteiger partial charge in [-0.05, 0) is 43.9 Å². The minimum Gasteiger partial charge on any atom is -0.396 e. The number of likely N-dealkylation sites (tertiary alicyclic amines) is 1. The highest BCUT2D eigenvalue weighted by Gasteiger charge is 2.27. The molecule has 2 rings (SSSR count). The highest BCUT2D eigenvalue weighted by Crippen LogP contribution is 2.31. The third-order valence-corrected chi connectivity index (χ3v) is 4.05. The Labute approximate surface area is 113 Å². The molecule has 1 N–H and O–H groups in total. The summed E-state index contributed by atoms with van der Waals surface area (Å²) in [7, 11) is 0. The molecule has 19 heavy (non-hydrogen) atoms. The standard InChI is InChI=1S/C14H20N2O3/c1-10-3-4-13(16(18)19)7-14(10)11(2)15-6-5-12(8-15)9-17/h3-4,7,11-12,17H,5-6,8-9H2,1-2H3. The van der Waals surface area contributed by atoms with Crippen LogP contribution in [0.15, 0.2) is 18.2 Å². The second-order valence-corrected chi connectivity index (χ2v) is 5.31. The maximum Gasteiger partial charge on any atom is 0.269 e. The lowest BCUT2D eigenvalue weighted by molar-refractivity contribution is -0.385. The summed E-state index contributed by atoms with van der Waals surface area (Å²) >= 11 is 0.